The summed E-state index contributed by atoms with van der Waals surface area (Å²) < 4.78 is 7.33. The first-order chi connectivity index (χ1) is 7.16. The Morgan fingerprint density at radius 3 is 2.93 bits per heavy atom. The average Bonchev–Trinajstić information content (AvgIpc) is 2.66. The van der Waals surface area contributed by atoms with E-state index in [-0.39, 0.29) is 11.7 Å². The van der Waals surface area contributed by atoms with E-state index in [1.807, 2.05) is 13.0 Å². The molecule has 82 valence electrons. The molecule has 0 spiro atoms. The van der Waals surface area contributed by atoms with E-state index in [0.717, 1.165) is 25.2 Å². The summed E-state index contributed by atoms with van der Waals surface area (Å²) in [6.45, 7) is 3.77. The number of aromatic nitrogens is 1. The molecule has 1 aliphatic rings. The summed E-state index contributed by atoms with van der Waals surface area (Å²) in [5, 5.41) is 3.22. The summed E-state index contributed by atoms with van der Waals surface area (Å²) in [6.07, 6.45) is 1.21. The topological polar surface area (TPSA) is 43.3 Å². The van der Waals surface area contributed by atoms with Crippen LogP contribution in [0.3, 0.4) is 0 Å². The van der Waals surface area contributed by atoms with Crippen LogP contribution >= 0.6 is 0 Å². The molecule has 2 heterocycles. The van der Waals surface area contributed by atoms with E-state index < -0.39 is 0 Å². The van der Waals surface area contributed by atoms with Gasteiger partial charge in [0.25, 0.3) is 5.56 Å². The van der Waals surface area contributed by atoms with Crippen LogP contribution in [0.1, 0.15) is 12.1 Å². The van der Waals surface area contributed by atoms with Crippen LogP contribution in [-0.2, 0) is 7.05 Å². The molecule has 4 heteroatoms. The van der Waals surface area contributed by atoms with Crippen molar-refractivity contribution in [3.63, 3.8) is 0 Å². The van der Waals surface area contributed by atoms with E-state index in [1.54, 1.807) is 17.7 Å². The maximum Gasteiger partial charge on any atom is 0.254 e. The number of hydrogen-bond donors (Lipinski definition) is 1. The lowest BCUT2D eigenvalue weighted by atomic mass is 10.3. The van der Waals surface area contributed by atoms with Crippen LogP contribution in [0.5, 0.6) is 5.75 Å². The van der Waals surface area contributed by atoms with Crippen molar-refractivity contribution in [3.05, 3.63) is 28.2 Å². The SMILES string of the molecule is Cc1cc(OC2CCNC2)cc(=O)n1C. The molecule has 0 amide bonds. The van der Waals surface area contributed by atoms with Crippen molar-refractivity contribution in [2.75, 3.05) is 13.1 Å². The zero-order chi connectivity index (χ0) is 10.8. The molecule has 1 saturated heterocycles. The van der Waals surface area contributed by atoms with Gasteiger partial charge in [-0.25, -0.2) is 0 Å². The van der Waals surface area contributed by atoms with E-state index in [9.17, 15) is 4.79 Å². The second kappa shape index (κ2) is 4.06. The molecule has 1 aromatic heterocycles. The van der Waals surface area contributed by atoms with Crippen molar-refractivity contribution in [1.82, 2.24) is 9.88 Å². The number of nitrogens with zero attached hydrogens (tertiary/aromatic N) is 1. The molecule has 0 radical (unpaired) electrons. The number of nitrogens with one attached hydrogen (secondary N) is 1. The van der Waals surface area contributed by atoms with E-state index >= 15 is 0 Å². The van der Waals surface area contributed by atoms with Crippen molar-refractivity contribution >= 4 is 0 Å². The van der Waals surface area contributed by atoms with Crippen LogP contribution < -0.4 is 15.6 Å². The number of pyridine rings is 1. The Balaban J connectivity index is 2.18. The molecule has 1 aliphatic heterocycles. The van der Waals surface area contributed by atoms with Gasteiger partial charge < -0.3 is 14.6 Å². The lowest BCUT2D eigenvalue weighted by molar-refractivity contribution is 0.222. The highest BCUT2D eigenvalue weighted by Crippen LogP contribution is 2.14. The summed E-state index contributed by atoms with van der Waals surface area (Å²) >= 11 is 0. The molecule has 1 N–H and O–H groups in total. The molecule has 0 bridgehead atoms. The van der Waals surface area contributed by atoms with Gasteiger partial charge in [-0.15, -0.1) is 0 Å². The van der Waals surface area contributed by atoms with Crippen LogP contribution in [0, 0.1) is 6.92 Å². The number of rotatable bonds is 2. The standard InChI is InChI=1S/C11H16N2O2/c1-8-5-10(6-11(14)13(8)2)15-9-3-4-12-7-9/h5-6,9,12H,3-4,7H2,1-2H3. The third-order valence-corrected chi connectivity index (χ3v) is 2.79. The highest BCUT2D eigenvalue weighted by Gasteiger charge is 2.16. The molecule has 2 rings (SSSR count). The summed E-state index contributed by atoms with van der Waals surface area (Å²) in [4.78, 5) is 11.5. The Labute approximate surface area is 88.9 Å². The van der Waals surface area contributed by atoms with E-state index in [1.165, 1.54) is 0 Å². The fourth-order valence-electron chi connectivity index (χ4n) is 1.73. The molecule has 0 saturated carbocycles. The third-order valence-electron chi connectivity index (χ3n) is 2.79. The zero-order valence-electron chi connectivity index (χ0n) is 9.12. The molecule has 1 atom stereocenters. The fourth-order valence-corrected chi connectivity index (χ4v) is 1.73. The van der Waals surface area contributed by atoms with Crippen LogP contribution in [0.15, 0.2) is 16.9 Å². The van der Waals surface area contributed by atoms with Crippen molar-refractivity contribution in [1.29, 1.82) is 0 Å². The molecular formula is C11H16N2O2. The summed E-state index contributed by atoms with van der Waals surface area (Å²) in [6, 6.07) is 3.45. The van der Waals surface area contributed by atoms with Crippen molar-refractivity contribution in [3.8, 4) is 5.75 Å². The molecule has 0 aliphatic carbocycles. The monoisotopic (exact) mass is 208 g/mol. The van der Waals surface area contributed by atoms with E-state index in [2.05, 4.69) is 5.32 Å². The van der Waals surface area contributed by atoms with Gasteiger partial charge in [0, 0.05) is 25.4 Å². The number of ether oxygens (including phenoxy) is 1. The van der Waals surface area contributed by atoms with E-state index in [4.69, 9.17) is 4.74 Å². The van der Waals surface area contributed by atoms with Gasteiger partial charge in [-0.1, -0.05) is 0 Å². The van der Waals surface area contributed by atoms with Crippen LogP contribution in [0.4, 0.5) is 0 Å². The lowest BCUT2D eigenvalue weighted by Crippen LogP contribution is -2.22. The maximum absolute atomic E-state index is 11.5. The maximum atomic E-state index is 11.5. The molecule has 1 fully saturated rings. The minimum Gasteiger partial charge on any atom is -0.489 e. The Morgan fingerprint density at radius 2 is 2.33 bits per heavy atom. The predicted molar refractivity (Wildman–Crippen MR) is 58.3 cm³/mol. The smallest absolute Gasteiger partial charge is 0.254 e. The van der Waals surface area contributed by atoms with Gasteiger partial charge in [-0.2, -0.15) is 0 Å². The fraction of sp³-hybridized carbons (Fsp3) is 0.545. The zero-order valence-corrected chi connectivity index (χ0v) is 9.12. The summed E-state index contributed by atoms with van der Waals surface area (Å²) in [5.74, 6) is 0.685. The second-order valence-electron chi connectivity index (χ2n) is 3.96. The molecule has 1 aromatic rings. The second-order valence-corrected chi connectivity index (χ2v) is 3.96. The van der Waals surface area contributed by atoms with Gasteiger partial charge in [0.2, 0.25) is 0 Å². The van der Waals surface area contributed by atoms with Gasteiger partial charge in [0.15, 0.2) is 0 Å². The molecule has 4 nitrogen and oxygen atoms in total. The Morgan fingerprint density at radius 1 is 1.53 bits per heavy atom. The highest BCUT2D eigenvalue weighted by molar-refractivity contribution is 5.23. The number of aryl methyl sites for hydroxylation is 1. The van der Waals surface area contributed by atoms with Crippen LogP contribution in [-0.4, -0.2) is 23.8 Å². The molecular weight excluding hydrogens is 192 g/mol. The molecule has 15 heavy (non-hydrogen) atoms. The lowest BCUT2D eigenvalue weighted by Gasteiger charge is -2.13. The first-order valence-electron chi connectivity index (χ1n) is 5.22. The largest absolute Gasteiger partial charge is 0.489 e. The van der Waals surface area contributed by atoms with Crippen LogP contribution in [0.2, 0.25) is 0 Å². The minimum atomic E-state index is -0.0176. The minimum absolute atomic E-state index is 0.0176. The molecule has 1 unspecified atom stereocenters. The van der Waals surface area contributed by atoms with Crippen molar-refractivity contribution < 1.29 is 4.74 Å². The Hall–Kier alpha value is -1.29. The quantitative estimate of drug-likeness (QED) is 0.766. The first-order valence-corrected chi connectivity index (χ1v) is 5.22. The number of hydrogen-bond acceptors (Lipinski definition) is 3. The third kappa shape index (κ3) is 2.21. The average molecular weight is 208 g/mol. The van der Waals surface area contributed by atoms with E-state index in [0.29, 0.717) is 5.75 Å². The Kier molecular flexibility index (Phi) is 2.77. The van der Waals surface area contributed by atoms with Crippen LogP contribution in [0.25, 0.3) is 0 Å². The van der Waals surface area contributed by atoms with Crippen molar-refractivity contribution in [2.24, 2.45) is 7.05 Å². The normalized spacial score (nSPS) is 20.5. The summed E-state index contributed by atoms with van der Waals surface area (Å²) in [7, 11) is 1.76. The summed E-state index contributed by atoms with van der Waals surface area (Å²) in [5.41, 5.74) is 0.902. The van der Waals surface area contributed by atoms with Gasteiger partial charge in [0.1, 0.15) is 11.9 Å². The molecule has 0 aromatic carbocycles. The highest BCUT2D eigenvalue weighted by atomic mass is 16.5. The van der Waals surface area contributed by atoms with Gasteiger partial charge in [0.05, 0.1) is 0 Å². The first kappa shape index (κ1) is 10.2. The van der Waals surface area contributed by atoms with Gasteiger partial charge in [-0.3, -0.25) is 4.79 Å². The predicted octanol–water partition coefficient (Wildman–Crippen LogP) is 0.434. The Bertz CT molecular complexity index is 406. The van der Waals surface area contributed by atoms with Gasteiger partial charge >= 0.3 is 0 Å². The van der Waals surface area contributed by atoms with Gasteiger partial charge in [-0.05, 0) is 26.0 Å². The van der Waals surface area contributed by atoms with Crippen molar-refractivity contribution in [2.45, 2.75) is 19.4 Å².